The van der Waals surface area contributed by atoms with Gasteiger partial charge in [-0.05, 0) is 50.4 Å². The van der Waals surface area contributed by atoms with Crippen LogP contribution >= 0.6 is 11.6 Å². The topological polar surface area (TPSA) is 45.4 Å². The predicted molar refractivity (Wildman–Crippen MR) is 108 cm³/mol. The highest BCUT2D eigenvalue weighted by molar-refractivity contribution is 6.33. The van der Waals surface area contributed by atoms with Crippen molar-refractivity contribution in [3.63, 3.8) is 0 Å². The van der Waals surface area contributed by atoms with Crippen LogP contribution in [0.15, 0.2) is 28.7 Å². The Morgan fingerprint density at radius 1 is 0.926 bits per heavy atom. The van der Waals surface area contributed by atoms with E-state index in [9.17, 15) is 0 Å². The van der Waals surface area contributed by atoms with E-state index >= 15 is 0 Å². The molecule has 5 nitrogen and oxygen atoms in total. The molecule has 2 heterocycles. The molecule has 2 aliphatic rings. The van der Waals surface area contributed by atoms with Gasteiger partial charge in [-0.25, -0.2) is 0 Å². The molecule has 0 N–H and O–H groups in total. The van der Waals surface area contributed by atoms with Gasteiger partial charge in [0.05, 0.1) is 17.1 Å². The van der Waals surface area contributed by atoms with Crippen LogP contribution in [-0.4, -0.2) is 52.7 Å². The van der Waals surface area contributed by atoms with Crippen molar-refractivity contribution in [2.24, 2.45) is 5.92 Å². The summed E-state index contributed by atoms with van der Waals surface area (Å²) in [6, 6.07) is 7.59. The van der Waals surface area contributed by atoms with Gasteiger partial charge in [-0.1, -0.05) is 43.0 Å². The van der Waals surface area contributed by atoms with E-state index in [1.807, 2.05) is 24.3 Å². The van der Waals surface area contributed by atoms with Crippen molar-refractivity contribution < 1.29 is 4.42 Å². The first-order valence-electron chi connectivity index (χ1n) is 10.3. The minimum Gasteiger partial charge on any atom is -0.419 e. The maximum Gasteiger partial charge on any atom is 0.249 e. The van der Waals surface area contributed by atoms with Crippen molar-refractivity contribution in [1.29, 1.82) is 0 Å². The molecule has 0 unspecified atom stereocenters. The molecule has 6 heteroatoms. The Bertz CT molecular complexity index is 728. The van der Waals surface area contributed by atoms with E-state index in [0.717, 1.165) is 31.1 Å². The molecule has 0 amide bonds. The molecule has 1 aliphatic heterocycles. The average molecular weight is 389 g/mol. The third kappa shape index (κ3) is 5.09. The normalized spacial score (nSPS) is 20.6. The Kier molecular flexibility index (Phi) is 6.43. The van der Waals surface area contributed by atoms with Crippen molar-refractivity contribution in [3.8, 4) is 11.5 Å². The van der Waals surface area contributed by atoms with E-state index in [2.05, 4.69) is 20.0 Å². The number of hydrogen-bond acceptors (Lipinski definition) is 5. The highest BCUT2D eigenvalue weighted by Crippen LogP contribution is 2.27. The zero-order valence-corrected chi connectivity index (χ0v) is 16.7. The summed E-state index contributed by atoms with van der Waals surface area (Å²) in [4.78, 5) is 5.10. The van der Waals surface area contributed by atoms with Gasteiger partial charge in [0.2, 0.25) is 11.8 Å². The van der Waals surface area contributed by atoms with Crippen LogP contribution in [0, 0.1) is 5.92 Å². The summed E-state index contributed by atoms with van der Waals surface area (Å²) < 4.78 is 5.88. The van der Waals surface area contributed by atoms with Crippen molar-refractivity contribution in [2.75, 3.05) is 32.7 Å². The molecule has 146 valence electrons. The fraction of sp³-hybridized carbons (Fsp3) is 0.619. The molecule has 0 radical (unpaired) electrons. The summed E-state index contributed by atoms with van der Waals surface area (Å²) in [7, 11) is 0. The van der Waals surface area contributed by atoms with Gasteiger partial charge in [0.1, 0.15) is 0 Å². The summed E-state index contributed by atoms with van der Waals surface area (Å²) in [6.07, 6.45) is 8.34. The van der Waals surface area contributed by atoms with Gasteiger partial charge in [-0.2, -0.15) is 0 Å². The van der Waals surface area contributed by atoms with Crippen LogP contribution in [0.1, 0.15) is 44.4 Å². The summed E-state index contributed by atoms with van der Waals surface area (Å²) >= 11 is 6.23. The van der Waals surface area contributed by atoms with Crippen LogP contribution in [0.2, 0.25) is 5.02 Å². The van der Waals surface area contributed by atoms with Crippen molar-refractivity contribution in [3.05, 3.63) is 35.2 Å². The molecule has 2 fully saturated rings. The molecule has 0 spiro atoms. The third-order valence-corrected chi connectivity index (χ3v) is 6.18. The zero-order valence-electron chi connectivity index (χ0n) is 15.9. The Morgan fingerprint density at radius 3 is 2.56 bits per heavy atom. The quantitative estimate of drug-likeness (QED) is 0.755. The first kappa shape index (κ1) is 18.9. The number of rotatable bonds is 5. The highest BCUT2D eigenvalue weighted by Gasteiger charge is 2.21. The van der Waals surface area contributed by atoms with E-state index in [1.165, 1.54) is 51.6 Å². The van der Waals surface area contributed by atoms with Gasteiger partial charge < -0.3 is 9.32 Å². The number of nitrogens with zero attached hydrogens (tertiary/aromatic N) is 4. The Hall–Kier alpha value is -1.43. The molecule has 1 saturated carbocycles. The van der Waals surface area contributed by atoms with Crippen LogP contribution in [0.4, 0.5) is 0 Å². The van der Waals surface area contributed by atoms with E-state index in [-0.39, 0.29) is 0 Å². The highest BCUT2D eigenvalue weighted by atomic mass is 35.5. The lowest BCUT2D eigenvalue weighted by atomic mass is 9.89. The molecule has 27 heavy (non-hydrogen) atoms. The van der Waals surface area contributed by atoms with Gasteiger partial charge in [-0.3, -0.25) is 4.90 Å². The smallest absolute Gasteiger partial charge is 0.249 e. The minimum atomic E-state index is 0.504. The van der Waals surface area contributed by atoms with E-state index in [0.29, 0.717) is 23.3 Å². The Balaban J connectivity index is 1.31. The van der Waals surface area contributed by atoms with Gasteiger partial charge in [0.25, 0.3) is 0 Å². The molecule has 0 atom stereocenters. The number of hydrogen-bond donors (Lipinski definition) is 0. The SMILES string of the molecule is Clc1ccccc1-c1nnc(CN2CCCN(CC3CCCCC3)CC2)o1. The van der Waals surface area contributed by atoms with Crippen LogP contribution in [0.25, 0.3) is 11.5 Å². The molecule has 2 aromatic rings. The van der Waals surface area contributed by atoms with Crippen LogP contribution < -0.4 is 0 Å². The fourth-order valence-electron chi connectivity index (χ4n) is 4.35. The zero-order chi connectivity index (χ0) is 18.5. The molecule has 4 rings (SSSR count). The Morgan fingerprint density at radius 2 is 1.70 bits per heavy atom. The maximum atomic E-state index is 6.23. The van der Waals surface area contributed by atoms with E-state index in [4.69, 9.17) is 16.0 Å². The number of benzene rings is 1. The van der Waals surface area contributed by atoms with Crippen molar-refractivity contribution in [1.82, 2.24) is 20.0 Å². The molecule has 1 aromatic heterocycles. The lowest BCUT2D eigenvalue weighted by Gasteiger charge is -2.28. The van der Waals surface area contributed by atoms with Crippen LogP contribution in [0.3, 0.4) is 0 Å². The van der Waals surface area contributed by atoms with Gasteiger partial charge in [0.15, 0.2) is 0 Å². The van der Waals surface area contributed by atoms with Gasteiger partial charge in [0, 0.05) is 19.6 Å². The number of halogens is 1. The van der Waals surface area contributed by atoms with Gasteiger partial charge in [-0.15, -0.1) is 10.2 Å². The number of aromatic nitrogens is 2. The molecular formula is C21H29ClN4O. The third-order valence-electron chi connectivity index (χ3n) is 5.85. The second-order valence-corrected chi connectivity index (χ2v) is 8.32. The largest absolute Gasteiger partial charge is 0.419 e. The average Bonchev–Trinajstić information content (AvgIpc) is 3.04. The minimum absolute atomic E-state index is 0.504. The fourth-order valence-corrected chi connectivity index (χ4v) is 4.57. The Labute approximate surface area is 166 Å². The van der Waals surface area contributed by atoms with Crippen molar-refractivity contribution in [2.45, 2.75) is 45.1 Å². The monoisotopic (exact) mass is 388 g/mol. The van der Waals surface area contributed by atoms with Crippen LogP contribution in [-0.2, 0) is 6.54 Å². The lowest BCUT2D eigenvalue weighted by molar-refractivity contribution is 0.196. The van der Waals surface area contributed by atoms with E-state index < -0.39 is 0 Å². The molecule has 1 saturated heterocycles. The molecule has 1 aliphatic carbocycles. The van der Waals surface area contributed by atoms with E-state index in [1.54, 1.807) is 0 Å². The first-order chi connectivity index (χ1) is 13.3. The maximum absolute atomic E-state index is 6.23. The first-order valence-corrected chi connectivity index (χ1v) is 10.7. The summed E-state index contributed by atoms with van der Waals surface area (Å²) in [5, 5.41) is 9.07. The second-order valence-electron chi connectivity index (χ2n) is 7.92. The van der Waals surface area contributed by atoms with Gasteiger partial charge >= 0.3 is 0 Å². The van der Waals surface area contributed by atoms with Crippen molar-refractivity contribution >= 4 is 11.6 Å². The lowest BCUT2D eigenvalue weighted by Crippen LogP contribution is -2.34. The summed E-state index contributed by atoms with van der Waals surface area (Å²) in [6.45, 7) is 6.50. The second kappa shape index (κ2) is 9.18. The standard InChI is InChI=1S/C21H29ClN4O/c22-19-10-5-4-9-18(19)21-24-23-20(27-21)16-26-12-6-11-25(13-14-26)15-17-7-2-1-3-8-17/h4-5,9-10,17H,1-3,6-8,11-16H2. The molecule has 1 aromatic carbocycles. The molecular weight excluding hydrogens is 360 g/mol. The molecule has 0 bridgehead atoms. The van der Waals surface area contributed by atoms with Crippen LogP contribution in [0.5, 0.6) is 0 Å². The summed E-state index contributed by atoms with van der Waals surface area (Å²) in [5.74, 6) is 2.09. The summed E-state index contributed by atoms with van der Waals surface area (Å²) in [5.41, 5.74) is 0.799. The predicted octanol–water partition coefficient (Wildman–Crippen LogP) is 4.48.